The van der Waals surface area contributed by atoms with Crippen LogP contribution in [0.5, 0.6) is 0 Å². The number of hydrogen-bond donors (Lipinski definition) is 2. The molecule has 2 bridgehead atoms. The van der Waals surface area contributed by atoms with Gasteiger partial charge in [-0.2, -0.15) is 0 Å². The summed E-state index contributed by atoms with van der Waals surface area (Å²) < 4.78 is 5.34. The summed E-state index contributed by atoms with van der Waals surface area (Å²) in [6.07, 6.45) is 5.52. The number of fused-ring (bicyclic) bond motifs is 4. The summed E-state index contributed by atoms with van der Waals surface area (Å²) in [4.78, 5) is 5.32. The minimum absolute atomic E-state index is 0.597. The lowest BCUT2D eigenvalue weighted by Gasteiger charge is -2.51. The van der Waals surface area contributed by atoms with Gasteiger partial charge in [-0.15, -0.1) is 0 Å². The molecule has 0 spiro atoms. The number of thiocarbonyl (C=S) groups is 1. The average Bonchev–Trinajstić information content (AvgIpc) is 3.42. The number of nitrogens with zero attached hydrogens (tertiary/aromatic N) is 2. The van der Waals surface area contributed by atoms with Gasteiger partial charge in [0.1, 0.15) is 5.76 Å². The molecule has 0 amide bonds. The van der Waals surface area contributed by atoms with Gasteiger partial charge in [0.05, 0.1) is 12.8 Å². The van der Waals surface area contributed by atoms with Crippen LogP contribution in [0, 0.1) is 11.8 Å². The number of piperidine rings is 3. The first kappa shape index (κ1) is 18.9. The third-order valence-corrected chi connectivity index (χ3v) is 7.24. The summed E-state index contributed by atoms with van der Waals surface area (Å²) >= 11 is 5.45. The van der Waals surface area contributed by atoms with Gasteiger partial charge in [-0.25, -0.2) is 0 Å². The zero-order chi connectivity index (χ0) is 19.6. The molecular weight excluding hydrogens is 380 g/mol. The maximum absolute atomic E-state index is 5.45. The van der Waals surface area contributed by atoms with Crippen LogP contribution in [0.4, 0.5) is 5.69 Å². The van der Waals surface area contributed by atoms with Gasteiger partial charge in [0, 0.05) is 37.9 Å². The van der Waals surface area contributed by atoms with Gasteiger partial charge in [-0.3, -0.25) is 4.90 Å². The Labute approximate surface area is 178 Å². The van der Waals surface area contributed by atoms with E-state index in [1.807, 2.05) is 12.1 Å². The standard InChI is InChI=1S/C23H30N4OS/c29-23(25-14-21-5-3-11-28-21)24-13-20-12-18-8-9-26(20)15-19(18)16-27-10-7-17-4-1-2-6-22(17)27/h1-6,11,18-20H,7-10,12-16H2,(H2,24,25,29). The Morgan fingerprint density at radius 3 is 2.90 bits per heavy atom. The molecule has 1 aromatic heterocycles. The number of para-hydroxylation sites is 1. The van der Waals surface area contributed by atoms with Crippen molar-refractivity contribution in [1.82, 2.24) is 15.5 Å². The Balaban J connectivity index is 1.10. The second kappa shape index (κ2) is 8.36. The van der Waals surface area contributed by atoms with Crippen molar-refractivity contribution in [3.05, 3.63) is 54.0 Å². The average molecular weight is 411 g/mol. The van der Waals surface area contributed by atoms with Crippen LogP contribution in [0.15, 0.2) is 47.1 Å². The van der Waals surface area contributed by atoms with Crippen LogP contribution < -0.4 is 15.5 Å². The first-order valence-electron chi connectivity index (χ1n) is 10.9. The van der Waals surface area contributed by atoms with Crippen LogP contribution >= 0.6 is 12.2 Å². The van der Waals surface area contributed by atoms with Crippen molar-refractivity contribution in [2.75, 3.05) is 37.6 Å². The van der Waals surface area contributed by atoms with Crippen molar-refractivity contribution >= 4 is 23.0 Å². The van der Waals surface area contributed by atoms with E-state index in [1.165, 1.54) is 56.7 Å². The maximum Gasteiger partial charge on any atom is 0.166 e. The third-order valence-electron chi connectivity index (χ3n) is 6.95. The molecule has 2 N–H and O–H groups in total. The highest BCUT2D eigenvalue weighted by atomic mass is 32.1. The molecule has 4 atom stereocenters. The van der Waals surface area contributed by atoms with Crippen molar-refractivity contribution in [1.29, 1.82) is 0 Å². The minimum atomic E-state index is 0.597. The van der Waals surface area contributed by atoms with Gasteiger partial charge in [-0.1, -0.05) is 18.2 Å². The van der Waals surface area contributed by atoms with Crippen molar-refractivity contribution in [3.8, 4) is 0 Å². The Bertz CT molecular complexity index is 839. The van der Waals surface area contributed by atoms with Gasteiger partial charge in [-0.05, 0) is 73.6 Å². The topological polar surface area (TPSA) is 43.7 Å². The minimum Gasteiger partial charge on any atom is -0.467 e. The molecule has 4 aliphatic heterocycles. The molecular formula is C23H30N4OS. The van der Waals surface area contributed by atoms with E-state index in [1.54, 1.807) is 6.26 Å². The smallest absolute Gasteiger partial charge is 0.166 e. The van der Waals surface area contributed by atoms with Crippen molar-refractivity contribution < 1.29 is 4.42 Å². The zero-order valence-electron chi connectivity index (χ0n) is 16.8. The van der Waals surface area contributed by atoms with Crippen LogP contribution in [0.25, 0.3) is 0 Å². The van der Waals surface area contributed by atoms with Gasteiger partial charge in [0.15, 0.2) is 5.11 Å². The summed E-state index contributed by atoms with van der Waals surface area (Å²) in [7, 11) is 0. The third kappa shape index (κ3) is 4.14. The Morgan fingerprint density at radius 1 is 1.14 bits per heavy atom. The highest BCUT2D eigenvalue weighted by molar-refractivity contribution is 7.80. The first-order valence-corrected chi connectivity index (χ1v) is 11.3. The fourth-order valence-electron chi connectivity index (χ4n) is 5.40. The van der Waals surface area contributed by atoms with Gasteiger partial charge >= 0.3 is 0 Å². The van der Waals surface area contributed by atoms with E-state index in [0.29, 0.717) is 17.7 Å². The van der Waals surface area contributed by atoms with Crippen LogP contribution in [0.3, 0.4) is 0 Å². The number of hydrogen-bond acceptors (Lipinski definition) is 4. The Hall–Kier alpha value is -2.05. The summed E-state index contributed by atoms with van der Waals surface area (Å²) in [5, 5.41) is 7.38. The number of furan rings is 1. The molecule has 3 fully saturated rings. The normalized spacial score (nSPS) is 27.7. The molecule has 2 aromatic rings. The lowest BCUT2D eigenvalue weighted by molar-refractivity contribution is 0.00638. The van der Waals surface area contributed by atoms with E-state index >= 15 is 0 Å². The van der Waals surface area contributed by atoms with Gasteiger partial charge in [0.2, 0.25) is 0 Å². The summed E-state index contributed by atoms with van der Waals surface area (Å²) in [6, 6.07) is 13.4. The highest BCUT2D eigenvalue weighted by Crippen LogP contribution is 2.38. The molecule has 3 saturated heterocycles. The maximum atomic E-state index is 5.45. The predicted molar refractivity (Wildman–Crippen MR) is 120 cm³/mol. The number of benzene rings is 1. The molecule has 5 nitrogen and oxygen atoms in total. The van der Waals surface area contributed by atoms with E-state index in [2.05, 4.69) is 44.7 Å². The lowest BCUT2D eigenvalue weighted by atomic mass is 9.75. The van der Waals surface area contributed by atoms with Crippen LogP contribution in [-0.2, 0) is 13.0 Å². The molecule has 0 radical (unpaired) electrons. The monoisotopic (exact) mass is 410 g/mol. The number of rotatable bonds is 6. The van der Waals surface area contributed by atoms with E-state index in [9.17, 15) is 0 Å². The summed E-state index contributed by atoms with van der Waals surface area (Å²) in [5.41, 5.74) is 2.99. The fraction of sp³-hybridized carbons (Fsp3) is 0.522. The SMILES string of the molecule is S=C(NCc1ccco1)NCC1CC2CCN1CC2CN1CCc2ccccc21. The molecule has 6 heteroatoms. The van der Waals surface area contributed by atoms with Crippen LogP contribution in [0.1, 0.15) is 24.2 Å². The van der Waals surface area contributed by atoms with Crippen LogP contribution in [0.2, 0.25) is 0 Å². The first-order chi connectivity index (χ1) is 14.3. The quantitative estimate of drug-likeness (QED) is 0.714. The molecule has 4 aliphatic rings. The Morgan fingerprint density at radius 2 is 2.07 bits per heavy atom. The number of anilines is 1. The summed E-state index contributed by atoms with van der Waals surface area (Å²) in [6.45, 7) is 6.42. The van der Waals surface area contributed by atoms with E-state index in [0.717, 1.165) is 24.1 Å². The zero-order valence-corrected chi connectivity index (χ0v) is 17.7. The molecule has 1 aromatic carbocycles. The lowest BCUT2D eigenvalue weighted by Crippen LogP contribution is -2.58. The number of nitrogens with one attached hydrogen (secondary N) is 2. The van der Waals surface area contributed by atoms with E-state index in [-0.39, 0.29) is 0 Å². The molecule has 6 rings (SSSR count). The van der Waals surface area contributed by atoms with Crippen molar-refractivity contribution in [2.45, 2.75) is 31.8 Å². The second-order valence-electron chi connectivity index (χ2n) is 8.66. The van der Waals surface area contributed by atoms with Crippen LogP contribution in [-0.4, -0.2) is 48.8 Å². The molecule has 5 heterocycles. The van der Waals surface area contributed by atoms with Gasteiger partial charge < -0.3 is 20.0 Å². The highest BCUT2D eigenvalue weighted by Gasteiger charge is 2.40. The van der Waals surface area contributed by atoms with E-state index in [4.69, 9.17) is 16.6 Å². The van der Waals surface area contributed by atoms with Crippen molar-refractivity contribution in [2.24, 2.45) is 11.8 Å². The fourth-order valence-corrected chi connectivity index (χ4v) is 5.56. The molecule has 154 valence electrons. The molecule has 0 saturated carbocycles. The van der Waals surface area contributed by atoms with Crippen molar-refractivity contribution in [3.63, 3.8) is 0 Å². The summed E-state index contributed by atoms with van der Waals surface area (Å²) in [5.74, 6) is 2.53. The predicted octanol–water partition coefficient (Wildman–Crippen LogP) is 3.02. The largest absolute Gasteiger partial charge is 0.467 e. The second-order valence-corrected chi connectivity index (χ2v) is 9.07. The molecule has 29 heavy (non-hydrogen) atoms. The molecule has 0 aliphatic carbocycles. The van der Waals surface area contributed by atoms with Gasteiger partial charge in [0.25, 0.3) is 0 Å². The Kier molecular flexibility index (Phi) is 5.46. The van der Waals surface area contributed by atoms with E-state index < -0.39 is 0 Å². The molecule has 4 unspecified atom stereocenters.